The molecule has 0 radical (unpaired) electrons. The van der Waals surface area contributed by atoms with Crippen molar-refractivity contribution >= 4 is 20.9 Å². The Kier molecular flexibility index (Phi) is 4.97. The third-order valence-electron chi connectivity index (χ3n) is 3.67. The predicted molar refractivity (Wildman–Crippen MR) is 70.3 cm³/mol. The van der Waals surface area contributed by atoms with Crippen LogP contribution in [-0.2, 0) is 23.4 Å². The fraction of sp³-hybridized carbons (Fsp3) is 0.833. The quantitative estimate of drug-likeness (QED) is 0.424. The average Bonchev–Trinajstić information content (AvgIpc) is 2.69. The summed E-state index contributed by atoms with van der Waals surface area (Å²) in [4.78, 5) is 21.4. The molecule has 6 nitrogen and oxygen atoms in total. The Labute approximate surface area is 114 Å². The lowest BCUT2D eigenvalue weighted by Crippen LogP contribution is -2.45. The van der Waals surface area contributed by atoms with E-state index in [2.05, 4.69) is 33.9 Å². The molecule has 1 fully saturated rings. The summed E-state index contributed by atoms with van der Waals surface area (Å²) in [6.07, 6.45) is -1.96. The molecule has 1 saturated heterocycles. The summed E-state index contributed by atoms with van der Waals surface area (Å²) >= 11 is 0. The second-order valence-electron chi connectivity index (χ2n) is 6.06. The van der Waals surface area contributed by atoms with E-state index in [0.29, 0.717) is 6.47 Å². The van der Waals surface area contributed by atoms with Crippen molar-refractivity contribution in [3.63, 3.8) is 0 Å². The molecule has 110 valence electrons. The van der Waals surface area contributed by atoms with Crippen LogP contribution in [0.1, 0.15) is 20.8 Å². The van der Waals surface area contributed by atoms with Crippen LogP contribution in [-0.4, -0.2) is 46.4 Å². The van der Waals surface area contributed by atoms with Gasteiger partial charge in [-0.25, -0.2) is 4.79 Å². The molecule has 1 rings (SSSR count). The topological polar surface area (TPSA) is 71.1 Å². The van der Waals surface area contributed by atoms with Gasteiger partial charge in [-0.2, -0.15) is 0 Å². The van der Waals surface area contributed by atoms with E-state index in [0.717, 1.165) is 0 Å². The second-order valence-corrected chi connectivity index (χ2v) is 10.9. The van der Waals surface area contributed by atoms with Crippen LogP contribution < -0.4 is 0 Å². The van der Waals surface area contributed by atoms with Crippen LogP contribution in [0.15, 0.2) is 0 Å². The Morgan fingerprint density at radius 2 is 2.11 bits per heavy atom. The third-order valence-corrected chi connectivity index (χ3v) is 8.17. The summed E-state index contributed by atoms with van der Waals surface area (Å²) in [6.45, 7) is 11.2. The second kappa shape index (κ2) is 5.92. The van der Waals surface area contributed by atoms with E-state index in [1.54, 1.807) is 0 Å². The smallest absolute Gasteiger partial charge is 0.458 e. The van der Waals surface area contributed by atoms with Crippen molar-refractivity contribution in [2.45, 2.75) is 51.1 Å². The first-order chi connectivity index (χ1) is 8.67. The minimum Gasteiger partial charge on any atom is -0.458 e. The van der Waals surface area contributed by atoms with Crippen LogP contribution in [0, 0.1) is 0 Å². The van der Waals surface area contributed by atoms with Crippen molar-refractivity contribution in [2.24, 2.45) is 0 Å². The van der Waals surface area contributed by atoms with Gasteiger partial charge in [-0.3, -0.25) is 4.79 Å². The van der Waals surface area contributed by atoms with Crippen molar-refractivity contribution < 1.29 is 28.2 Å². The van der Waals surface area contributed by atoms with Gasteiger partial charge in [0, 0.05) is 0 Å². The summed E-state index contributed by atoms with van der Waals surface area (Å²) < 4.78 is 20.5. The number of carbonyl (C=O) groups is 2. The zero-order valence-electron chi connectivity index (χ0n) is 12.1. The minimum absolute atomic E-state index is 0.0571. The molecule has 7 heteroatoms. The lowest BCUT2D eigenvalue weighted by atomic mass is 10.2. The van der Waals surface area contributed by atoms with Crippen LogP contribution in [0.4, 0.5) is 4.79 Å². The highest BCUT2D eigenvalue weighted by Gasteiger charge is 2.40. The first kappa shape index (κ1) is 16.0. The predicted octanol–water partition coefficient (Wildman–Crippen LogP) is 2.09. The molecular weight excluding hydrogens is 268 g/mol. The monoisotopic (exact) mass is 290 g/mol. The molecule has 0 bridgehead atoms. The maximum absolute atomic E-state index is 10.9. The van der Waals surface area contributed by atoms with Crippen molar-refractivity contribution in [3.05, 3.63) is 0 Å². The van der Waals surface area contributed by atoms with Crippen LogP contribution in [0.25, 0.3) is 0 Å². The molecule has 0 aromatic carbocycles. The molecule has 1 aliphatic heterocycles. The maximum Gasteiger partial charge on any atom is 0.508 e. The summed E-state index contributed by atoms with van der Waals surface area (Å²) in [5, 5.41) is 0.0571. The van der Waals surface area contributed by atoms with Crippen molar-refractivity contribution in [2.75, 3.05) is 13.2 Å². The lowest BCUT2D eigenvalue weighted by Gasteiger charge is -2.37. The van der Waals surface area contributed by atoms with Crippen LogP contribution >= 0.6 is 0 Å². The largest absolute Gasteiger partial charge is 0.508 e. The lowest BCUT2D eigenvalue weighted by molar-refractivity contribution is -0.140. The molecule has 1 heterocycles. The van der Waals surface area contributed by atoms with Crippen molar-refractivity contribution in [1.82, 2.24) is 0 Å². The Morgan fingerprint density at radius 1 is 1.47 bits per heavy atom. The van der Waals surface area contributed by atoms with Gasteiger partial charge in [0.15, 0.2) is 20.5 Å². The fourth-order valence-electron chi connectivity index (χ4n) is 1.34. The van der Waals surface area contributed by atoms with Gasteiger partial charge in [-0.1, -0.05) is 20.8 Å². The molecular formula is C12H22O6Si. The fourth-order valence-corrected chi connectivity index (χ4v) is 2.35. The number of hydrogen-bond acceptors (Lipinski definition) is 6. The van der Waals surface area contributed by atoms with Gasteiger partial charge in [0.05, 0.1) is 6.61 Å². The number of hydrogen-bond donors (Lipinski definition) is 0. The van der Waals surface area contributed by atoms with E-state index in [4.69, 9.17) is 18.6 Å². The van der Waals surface area contributed by atoms with E-state index in [9.17, 15) is 9.59 Å². The standard InChI is InChI=1S/C12H22O6Si/c1-12(2,3)19(4,5)17-7-9(16-8-13)10-6-15-11(14)18-10/h8-10H,6-7H2,1-5H3/t9-,10+/m1/s1. The number of carbonyl (C=O) groups excluding carboxylic acids is 2. The highest BCUT2D eigenvalue weighted by atomic mass is 28.4. The van der Waals surface area contributed by atoms with Crippen molar-refractivity contribution in [1.29, 1.82) is 0 Å². The zero-order chi connectivity index (χ0) is 14.7. The third kappa shape index (κ3) is 4.21. The highest BCUT2D eigenvalue weighted by Crippen LogP contribution is 2.36. The molecule has 19 heavy (non-hydrogen) atoms. The molecule has 0 spiro atoms. The Balaban J connectivity index is 2.59. The highest BCUT2D eigenvalue weighted by molar-refractivity contribution is 6.74. The molecule has 2 atom stereocenters. The first-order valence-electron chi connectivity index (χ1n) is 6.24. The summed E-state index contributed by atoms with van der Waals surface area (Å²) in [6, 6.07) is 0. The average molecular weight is 290 g/mol. The van der Waals surface area contributed by atoms with Crippen molar-refractivity contribution in [3.8, 4) is 0 Å². The molecule has 0 aromatic rings. The van der Waals surface area contributed by atoms with Gasteiger partial charge < -0.3 is 18.6 Å². The van der Waals surface area contributed by atoms with E-state index in [-0.39, 0.29) is 18.3 Å². The van der Waals surface area contributed by atoms with E-state index in [1.165, 1.54) is 0 Å². The van der Waals surface area contributed by atoms with Gasteiger partial charge in [0.1, 0.15) is 6.61 Å². The number of rotatable bonds is 6. The van der Waals surface area contributed by atoms with Crippen LogP contribution in [0.2, 0.25) is 18.1 Å². The van der Waals surface area contributed by atoms with Crippen LogP contribution in [0.3, 0.4) is 0 Å². The Hall–Kier alpha value is -1.08. The Bertz CT molecular complexity index is 336. The normalized spacial score (nSPS) is 21.5. The van der Waals surface area contributed by atoms with Gasteiger partial charge in [0.25, 0.3) is 6.47 Å². The molecule has 0 aliphatic carbocycles. The molecule has 0 N–H and O–H groups in total. The van der Waals surface area contributed by atoms with E-state index in [1.807, 2.05) is 0 Å². The van der Waals surface area contributed by atoms with E-state index >= 15 is 0 Å². The van der Waals surface area contributed by atoms with Gasteiger partial charge in [-0.05, 0) is 18.1 Å². The summed E-state index contributed by atoms with van der Waals surface area (Å²) in [7, 11) is -1.94. The van der Waals surface area contributed by atoms with Gasteiger partial charge in [-0.15, -0.1) is 0 Å². The zero-order valence-corrected chi connectivity index (χ0v) is 13.1. The molecule has 0 saturated carbocycles. The number of cyclic esters (lactones) is 2. The molecule has 0 aromatic heterocycles. The SMILES string of the molecule is CC(C)(C)[Si](C)(C)OC[C@@H](OC=O)[C@@H]1COC(=O)O1. The van der Waals surface area contributed by atoms with Crippen LogP contribution in [0.5, 0.6) is 0 Å². The summed E-state index contributed by atoms with van der Waals surface area (Å²) in [5.41, 5.74) is 0. The van der Waals surface area contributed by atoms with E-state index < -0.39 is 26.7 Å². The first-order valence-corrected chi connectivity index (χ1v) is 9.14. The Morgan fingerprint density at radius 3 is 2.53 bits per heavy atom. The summed E-state index contributed by atoms with van der Waals surface area (Å²) in [5.74, 6) is 0. The minimum atomic E-state index is -1.94. The van der Waals surface area contributed by atoms with Gasteiger partial charge in [0.2, 0.25) is 0 Å². The maximum atomic E-state index is 10.9. The molecule has 1 aliphatic rings. The number of ether oxygens (including phenoxy) is 3. The van der Waals surface area contributed by atoms with Gasteiger partial charge >= 0.3 is 6.16 Å². The molecule has 0 amide bonds. The molecule has 0 unspecified atom stereocenters.